The molecule has 0 unspecified atom stereocenters. The average molecular weight is 408 g/mol. The van der Waals surface area contributed by atoms with Gasteiger partial charge in [-0.1, -0.05) is 32.9 Å². The number of hydrogen-bond donors (Lipinski definition) is 2. The van der Waals surface area contributed by atoms with Gasteiger partial charge in [0.1, 0.15) is 5.00 Å². The number of likely N-dealkylation sites (N-methyl/N-ethyl adjacent to an activating group) is 1. The molecule has 146 valence electrons. The summed E-state index contributed by atoms with van der Waals surface area (Å²) in [5.41, 5.74) is 8.83. The highest BCUT2D eigenvalue weighted by atomic mass is 35.5. The fourth-order valence-corrected chi connectivity index (χ4v) is 4.51. The van der Waals surface area contributed by atoms with Crippen molar-refractivity contribution in [1.82, 2.24) is 4.90 Å². The number of nitrogens with zero attached hydrogens (tertiary/aromatic N) is 1. The van der Waals surface area contributed by atoms with Gasteiger partial charge in [-0.2, -0.15) is 0 Å². The lowest BCUT2D eigenvalue weighted by Gasteiger charge is -2.22. The molecule has 0 saturated carbocycles. The van der Waals surface area contributed by atoms with Gasteiger partial charge in [0.05, 0.1) is 5.56 Å². The minimum Gasteiger partial charge on any atom is -0.365 e. The lowest BCUT2D eigenvalue weighted by Crippen LogP contribution is -2.27. The predicted molar refractivity (Wildman–Crippen MR) is 113 cm³/mol. The van der Waals surface area contributed by atoms with Crippen LogP contribution in [0, 0.1) is 0 Å². The molecule has 0 fully saturated rings. The molecule has 1 aromatic heterocycles. The van der Waals surface area contributed by atoms with Gasteiger partial charge in [0, 0.05) is 23.5 Å². The van der Waals surface area contributed by atoms with Gasteiger partial charge in [-0.15, -0.1) is 23.7 Å². The molecule has 2 amide bonds. The van der Waals surface area contributed by atoms with Gasteiger partial charge in [-0.3, -0.25) is 9.59 Å². The number of carbonyl (C=O) groups is 2. The van der Waals surface area contributed by atoms with Gasteiger partial charge in [-0.25, -0.2) is 0 Å². The third kappa shape index (κ3) is 4.51. The monoisotopic (exact) mass is 407 g/mol. The Kier molecular flexibility index (Phi) is 6.35. The lowest BCUT2D eigenvalue weighted by atomic mass is 9.87. The zero-order valence-electron chi connectivity index (χ0n) is 16.1. The molecule has 0 saturated heterocycles. The largest absolute Gasteiger partial charge is 0.365 e. The topological polar surface area (TPSA) is 75.4 Å². The number of fused-ring (bicyclic) bond motifs is 1. The summed E-state index contributed by atoms with van der Waals surface area (Å²) in [5.74, 6) is -0.703. The summed E-state index contributed by atoms with van der Waals surface area (Å²) in [6, 6.07) is 7.58. The predicted octanol–water partition coefficient (Wildman–Crippen LogP) is 3.81. The molecular weight excluding hydrogens is 382 g/mol. The van der Waals surface area contributed by atoms with Crippen LogP contribution in [0.3, 0.4) is 0 Å². The van der Waals surface area contributed by atoms with Crippen molar-refractivity contribution in [3.8, 4) is 0 Å². The Morgan fingerprint density at radius 3 is 2.37 bits per heavy atom. The summed E-state index contributed by atoms with van der Waals surface area (Å²) >= 11 is 1.45. The Labute approximate surface area is 170 Å². The highest BCUT2D eigenvalue weighted by Crippen LogP contribution is 2.36. The first-order valence-electron chi connectivity index (χ1n) is 8.71. The summed E-state index contributed by atoms with van der Waals surface area (Å²) in [4.78, 5) is 27.9. The van der Waals surface area contributed by atoms with Crippen LogP contribution < -0.4 is 11.1 Å². The Hall–Kier alpha value is -1.89. The number of halogens is 1. The average Bonchev–Trinajstić information content (AvgIpc) is 2.91. The minimum absolute atomic E-state index is 0. The van der Waals surface area contributed by atoms with E-state index >= 15 is 0 Å². The molecule has 27 heavy (non-hydrogen) atoms. The molecule has 0 spiro atoms. The summed E-state index contributed by atoms with van der Waals surface area (Å²) in [5, 5.41) is 3.46. The summed E-state index contributed by atoms with van der Waals surface area (Å²) < 4.78 is 0. The molecule has 0 radical (unpaired) electrons. The highest BCUT2D eigenvalue weighted by molar-refractivity contribution is 7.17. The Bertz CT molecular complexity index is 853. The number of rotatable bonds is 3. The van der Waals surface area contributed by atoms with E-state index in [1.54, 1.807) is 0 Å². The van der Waals surface area contributed by atoms with Crippen LogP contribution in [-0.2, 0) is 18.4 Å². The number of benzene rings is 1. The van der Waals surface area contributed by atoms with E-state index in [9.17, 15) is 9.59 Å². The molecule has 2 aromatic rings. The first kappa shape index (κ1) is 21.4. The fraction of sp³-hybridized carbons (Fsp3) is 0.400. The van der Waals surface area contributed by atoms with Crippen molar-refractivity contribution in [3.63, 3.8) is 0 Å². The number of nitrogens with two attached hydrogens (primary N) is 1. The molecule has 5 nitrogen and oxygen atoms in total. The van der Waals surface area contributed by atoms with Gasteiger partial charge >= 0.3 is 0 Å². The van der Waals surface area contributed by atoms with Gasteiger partial charge in [0.25, 0.3) is 11.8 Å². The van der Waals surface area contributed by atoms with Crippen molar-refractivity contribution in [1.29, 1.82) is 0 Å². The molecule has 1 aliphatic rings. The van der Waals surface area contributed by atoms with Crippen molar-refractivity contribution in [2.24, 2.45) is 5.73 Å². The third-order valence-electron chi connectivity index (χ3n) is 4.73. The Morgan fingerprint density at radius 1 is 1.19 bits per heavy atom. The molecule has 0 aliphatic carbocycles. The first-order chi connectivity index (χ1) is 12.2. The van der Waals surface area contributed by atoms with Crippen molar-refractivity contribution >= 4 is 40.6 Å². The van der Waals surface area contributed by atoms with Crippen molar-refractivity contribution in [2.75, 3.05) is 18.9 Å². The van der Waals surface area contributed by atoms with E-state index in [0.29, 0.717) is 16.1 Å². The summed E-state index contributed by atoms with van der Waals surface area (Å²) in [6.07, 6.45) is 0.775. The number of thiophene rings is 1. The molecule has 0 atom stereocenters. The highest BCUT2D eigenvalue weighted by Gasteiger charge is 2.26. The fourth-order valence-electron chi connectivity index (χ4n) is 3.18. The van der Waals surface area contributed by atoms with Gasteiger partial charge in [-0.05, 0) is 42.1 Å². The number of nitrogens with one attached hydrogen (secondary N) is 1. The second-order valence-corrected chi connectivity index (χ2v) is 8.95. The number of carbonyl (C=O) groups excluding carboxylic acids is 2. The van der Waals surface area contributed by atoms with Crippen LogP contribution in [0.5, 0.6) is 0 Å². The van der Waals surface area contributed by atoms with Crippen molar-refractivity contribution in [2.45, 2.75) is 39.2 Å². The summed E-state index contributed by atoms with van der Waals surface area (Å²) in [6.45, 7) is 8.05. The third-order valence-corrected chi connectivity index (χ3v) is 5.87. The molecule has 1 aromatic carbocycles. The molecular formula is C20H26ClN3O2S. The van der Waals surface area contributed by atoms with Crippen LogP contribution in [-0.4, -0.2) is 30.3 Å². The number of amides is 2. The number of hydrogen-bond acceptors (Lipinski definition) is 4. The van der Waals surface area contributed by atoms with E-state index in [1.807, 2.05) is 31.3 Å². The Morgan fingerprint density at radius 2 is 1.81 bits per heavy atom. The molecule has 3 rings (SSSR count). The van der Waals surface area contributed by atoms with E-state index in [4.69, 9.17) is 5.73 Å². The standard InChI is InChI=1S/C20H25N3O2S.ClH/c1-20(2,3)13-7-5-12(6-8-13)18(25)22-19-16(17(21)24)14-9-10-23(4)11-15(14)26-19;/h5-8H,9-11H2,1-4H3,(H2,21,24)(H,22,25);1H. The van der Waals surface area contributed by atoms with E-state index in [-0.39, 0.29) is 23.7 Å². The van der Waals surface area contributed by atoms with Gasteiger partial charge < -0.3 is 16.0 Å². The van der Waals surface area contributed by atoms with E-state index in [0.717, 1.165) is 30.0 Å². The van der Waals surface area contributed by atoms with Crippen LogP contribution >= 0.6 is 23.7 Å². The summed E-state index contributed by atoms with van der Waals surface area (Å²) in [7, 11) is 2.04. The zero-order valence-corrected chi connectivity index (χ0v) is 17.7. The maximum absolute atomic E-state index is 12.7. The normalized spacial score (nSPS) is 14.2. The minimum atomic E-state index is -0.481. The molecule has 2 heterocycles. The number of primary amides is 1. The maximum atomic E-state index is 12.7. The number of anilines is 1. The van der Waals surface area contributed by atoms with Crippen LogP contribution in [0.25, 0.3) is 0 Å². The zero-order chi connectivity index (χ0) is 19.1. The SMILES string of the molecule is CN1CCc2c(sc(NC(=O)c3ccc(C(C)(C)C)cc3)c2C(N)=O)C1.Cl. The molecule has 3 N–H and O–H groups in total. The van der Waals surface area contributed by atoms with Crippen LogP contribution in [0.2, 0.25) is 0 Å². The van der Waals surface area contributed by atoms with Crippen LogP contribution in [0.4, 0.5) is 5.00 Å². The van der Waals surface area contributed by atoms with Gasteiger partial charge in [0.2, 0.25) is 0 Å². The van der Waals surface area contributed by atoms with E-state index in [2.05, 4.69) is 31.0 Å². The molecule has 1 aliphatic heterocycles. The second-order valence-electron chi connectivity index (χ2n) is 7.84. The van der Waals surface area contributed by atoms with Crippen molar-refractivity contribution < 1.29 is 9.59 Å². The van der Waals surface area contributed by atoms with Crippen molar-refractivity contribution in [3.05, 3.63) is 51.4 Å². The first-order valence-corrected chi connectivity index (χ1v) is 9.53. The van der Waals surface area contributed by atoms with E-state index in [1.165, 1.54) is 16.9 Å². The lowest BCUT2D eigenvalue weighted by molar-refractivity contribution is 0.1000. The Balaban J connectivity index is 0.00000261. The van der Waals surface area contributed by atoms with Gasteiger partial charge in [0.15, 0.2) is 0 Å². The maximum Gasteiger partial charge on any atom is 0.256 e. The quantitative estimate of drug-likeness (QED) is 0.812. The smallest absolute Gasteiger partial charge is 0.256 e. The molecule has 0 bridgehead atoms. The van der Waals surface area contributed by atoms with E-state index < -0.39 is 5.91 Å². The second kappa shape index (κ2) is 8.00. The van der Waals surface area contributed by atoms with Crippen LogP contribution in [0.1, 0.15) is 57.5 Å². The van der Waals surface area contributed by atoms with Crippen LogP contribution in [0.15, 0.2) is 24.3 Å². The molecule has 7 heteroatoms.